The van der Waals surface area contributed by atoms with E-state index in [1.807, 2.05) is 26.0 Å². The summed E-state index contributed by atoms with van der Waals surface area (Å²) >= 11 is 0. The largest absolute Gasteiger partial charge is 2.00 e. The molecule has 2 aromatic rings. The Morgan fingerprint density at radius 3 is 1.56 bits per heavy atom. The molecule has 0 spiro atoms. The SMILES string of the molecule is Cc1ccc([O-])c(C=NCC(C)(C)CN=Cc2cc(C)ccc2[O-])c1.O.[Ni+2]. The predicted molar refractivity (Wildman–Crippen MR) is 104 cm³/mol. The molecule has 0 unspecified atom stereocenters. The van der Waals surface area contributed by atoms with Gasteiger partial charge in [0.1, 0.15) is 0 Å². The number of hydrogen-bond donors (Lipinski definition) is 0. The van der Waals surface area contributed by atoms with Crippen LogP contribution in [-0.4, -0.2) is 31.0 Å². The molecule has 0 bridgehead atoms. The third-order valence-electron chi connectivity index (χ3n) is 3.83. The molecule has 148 valence electrons. The van der Waals surface area contributed by atoms with E-state index in [0.717, 1.165) is 11.1 Å². The van der Waals surface area contributed by atoms with Crippen molar-refractivity contribution in [3.05, 3.63) is 58.7 Å². The Labute approximate surface area is 171 Å². The van der Waals surface area contributed by atoms with Gasteiger partial charge < -0.3 is 15.7 Å². The van der Waals surface area contributed by atoms with Crippen molar-refractivity contribution in [2.45, 2.75) is 27.7 Å². The number of hydrogen-bond acceptors (Lipinski definition) is 4. The zero-order chi connectivity index (χ0) is 18.4. The summed E-state index contributed by atoms with van der Waals surface area (Å²) in [4.78, 5) is 8.82. The molecule has 0 aliphatic heterocycles. The first kappa shape index (κ1) is 24.8. The van der Waals surface area contributed by atoms with Crippen LogP contribution in [0.4, 0.5) is 0 Å². The molecule has 6 heteroatoms. The maximum Gasteiger partial charge on any atom is 2.00 e. The molecule has 0 aliphatic rings. The molecule has 0 heterocycles. The fourth-order valence-electron chi connectivity index (χ4n) is 2.37. The van der Waals surface area contributed by atoms with Crippen LogP contribution in [0, 0.1) is 19.3 Å². The fourth-order valence-corrected chi connectivity index (χ4v) is 2.37. The van der Waals surface area contributed by atoms with Gasteiger partial charge in [0.25, 0.3) is 0 Å². The van der Waals surface area contributed by atoms with Crippen molar-refractivity contribution in [2.75, 3.05) is 13.1 Å². The summed E-state index contributed by atoms with van der Waals surface area (Å²) in [7, 11) is 0. The maximum absolute atomic E-state index is 11.8. The zero-order valence-corrected chi connectivity index (χ0v) is 17.0. The second-order valence-corrected chi connectivity index (χ2v) is 7.19. The molecule has 2 rings (SSSR count). The Bertz CT molecular complexity index is 737. The molecule has 0 fully saturated rings. The summed E-state index contributed by atoms with van der Waals surface area (Å²) in [6, 6.07) is 10.4. The van der Waals surface area contributed by atoms with Crippen molar-refractivity contribution in [1.29, 1.82) is 0 Å². The number of rotatable bonds is 6. The van der Waals surface area contributed by atoms with Crippen LogP contribution >= 0.6 is 0 Å². The van der Waals surface area contributed by atoms with Crippen molar-refractivity contribution >= 4 is 12.4 Å². The number of aryl methyl sites for hydroxylation is 2. The predicted octanol–water partition coefficient (Wildman–Crippen LogP) is 2.19. The molecule has 0 amide bonds. The van der Waals surface area contributed by atoms with Crippen molar-refractivity contribution in [1.82, 2.24) is 0 Å². The van der Waals surface area contributed by atoms with Gasteiger partial charge >= 0.3 is 16.5 Å². The average molecular weight is 413 g/mol. The van der Waals surface area contributed by atoms with Crippen LogP contribution in [0.1, 0.15) is 36.1 Å². The van der Waals surface area contributed by atoms with E-state index in [9.17, 15) is 10.2 Å². The van der Waals surface area contributed by atoms with Crippen LogP contribution in [0.3, 0.4) is 0 Å². The van der Waals surface area contributed by atoms with Gasteiger partial charge in [0.2, 0.25) is 0 Å². The number of aliphatic imine (C=N–C) groups is 2. The smallest absolute Gasteiger partial charge is 0.872 e. The number of nitrogens with zero attached hydrogens (tertiary/aromatic N) is 2. The summed E-state index contributed by atoms with van der Waals surface area (Å²) in [5.74, 6) is -0.0415. The van der Waals surface area contributed by atoms with Crippen LogP contribution in [0.2, 0.25) is 0 Å². The van der Waals surface area contributed by atoms with E-state index in [2.05, 4.69) is 23.8 Å². The molecule has 0 radical (unpaired) electrons. The minimum absolute atomic E-state index is 0. The molecule has 2 aromatic carbocycles. The minimum atomic E-state index is -0.160. The molecule has 0 aromatic heterocycles. The van der Waals surface area contributed by atoms with Gasteiger partial charge in [-0.15, -0.1) is 11.5 Å². The number of benzene rings is 2. The zero-order valence-electron chi connectivity index (χ0n) is 16.1. The summed E-state index contributed by atoms with van der Waals surface area (Å²) in [6.07, 6.45) is 3.27. The first-order chi connectivity index (χ1) is 11.8. The summed E-state index contributed by atoms with van der Waals surface area (Å²) in [5.41, 5.74) is 3.13. The second kappa shape index (κ2) is 10.9. The normalized spacial score (nSPS) is 11.4. The Morgan fingerprint density at radius 1 is 0.815 bits per heavy atom. The average Bonchev–Trinajstić information content (AvgIpc) is 2.54. The van der Waals surface area contributed by atoms with Gasteiger partial charge in [-0.05, 0) is 25.0 Å². The van der Waals surface area contributed by atoms with Gasteiger partial charge in [0, 0.05) is 30.9 Å². The standard InChI is InChI=1S/C21H26N2O2.Ni.H2O/c1-15-5-7-19(24)17(9-15)11-22-13-21(3,4)14-23-12-18-10-16(2)6-8-20(18)25;;/h5-12,24-25H,13-14H2,1-4H3;;1H2/q;+2;/p-2. The molecule has 0 saturated carbocycles. The van der Waals surface area contributed by atoms with E-state index in [1.54, 1.807) is 36.7 Å². The Hall–Kier alpha value is -2.17. The van der Waals surface area contributed by atoms with Gasteiger partial charge in [-0.2, -0.15) is 0 Å². The fraction of sp³-hybridized carbons (Fsp3) is 0.333. The second-order valence-electron chi connectivity index (χ2n) is 7.19. The van der Waals surface area contributed by atoms with E-state index in [1.165, 1.54) is 0 Å². The van der Waals surface area contributed by atoms with E-state index in [-0.39, 0.29) is 38.9 Å². The molecule has 0 aliphatic carbocycles. The van der Waals surface area contributed by atoms with Crippen LogP contribution in [-0.2, 0) is 16.5 Å². The van der Waals surface area contributed by atoms with Gasteiger partial charge in [-0.1, -0.05) is 61.4 Å². The van der Waals surface area contributed by atoms with Gasteiger partial charge in [-0.25, -0.2) is 0 Å². The van der Waals surface area contributed by atoms with Crippen LogP contribution in [0.15, 0.2) is 46.4 Å². The van der Waals surface area contributed by atoms with Gasteiger partial charge in [-0.3, -0.25) is 9.98 Å². The summed E-state index contributed by atoms with van der Waals surface area (Å²) in [5, 5.41) is 23.5. The molecule has 0 atom stereocenters. The van der Waals surface area contributed by atoms with Crippen molar-refractivity contribution in [3.63, 3.8) is 0 Å². The molecule has 27 heavy (non-hydrogen) atoms. The molecule has 0 saturated heterocycles. The van der Waals surface area contributed by atoms with Crippen molar-refractivity contribution in [2.24, 2.45) is 15.4 Å². The summed E-state index contributed by atoms with van der Waals surface area (Å²) in [6.45, 7) is 9.12. The van der Waals surface area contributed by atoms with Gasteiger partial charge in [0.15, 0.2) is 0 Å². The molecule has 5 nitrogen and oxygen atoms in total. The monoisotopic (exact) mass is 412 g/mol. The molecular formula is C21H26N2NiO3. The summed E-state index contributed by atoms with van der Waals surface area (Å²) < 4.78 is 0. The molecule has 2 N–H and O–H groups in total. The van der Waals surface area contributed by atoms with Crippen molar-refractivity contribution in [3.8, 4) is 11.5 Å². The third kappa shape index (κ3) is 7.94. The van der Waals surface area contributed by atoms with E-state index in [4.69, 9.17) is 0 Å². The quantitative estimate of drug-likeness (QED) is 0.536. The third-order valence-corrected chi connectivity index (χ3v) is 3.83. The van der Waals surface area contributed by atoms with E-state index in [0.29, 0.717) is 24.2 Å². The molecular weight excluding hydrogens is 387 g/mol. The topological polar surface area (TPSA) is 102 Å². The first-order valence-corrected chi connectivity index (χ1v) is 8.32. The Kier molecular flexibility index (Phi) is 9.98. The van der Waals surface area contributed by atoms with Crippen molar-refractivity contribution < 1.29 is 32.2 Å². The Morgan fingerprint density at radius 2 is 1.19 bits per heavy atom. The van der Waals surface area contributed by atoms with Crippen LogP contribution in [0.5, 0.6) is 11.5 Å². The minimum Gasteiger partial charge on any atom is -0.872 e. The van der Waals surface area contributed by atoms with Crippen LogP contribution < -0.4 is 10.2 Å². The maximum atomic E-state index is 11.8. The van der Waals surface area contributed by atoms with Gasteiger partial charge in [0.05, 0.1) is 0 Å². The van der Waals surface area contributed by atoms with E-state index >= 15 is 0 Å². The Balaban J connectivity index is 0.00000338. The first-order valence-electron chi connectivity index (χ1n) is 8.32. The van der Waals surface area contributed by atoms with E-state index < -0.39 is 0 Å². The van der Waals surface area contributed by atoms with Crippen LogP contribution in [0.25, 0.3) is 0 Å².